The van der Waals surface area contributed by atoms with E-state index in [1.54, 1.807) is 0 Å². The summed E-state index contributed by atoms with van der Waals surface area (Å²) in [6.07, 6.45) is 0. The van der Waals surface area contributed by atoms with Gasteiger partial charge in [-0.25, -0.2) is 17.2 Å². The van der Waals surface area contributed by atoms with E-state index < -0.39 is 26.6 Å². The first-order valence-electron chi connectivity index (χ1n) is 6.01. The van der Waals surface area contributed by atoms with Crippen LogP contribution in [0, 0.1) is 18.6 Å². The van der Waals surface area contributed by atoms with Crippen LogP contribution in [-0.4, -0.2) is 38.4 Å². The molecule has 20 heavy (non-hydrogen) atoms. The lowest BCUT2D eigenvalue weighted by Gasteiger charge is -2.31. The third-order valence-corrected chi connectivity index (χ3v) is 5.04. The number of benzene rings is 1. The summed E-state index contributed by atoms with van der Waals surface area (Å²) >= 11 is 0. The molecule has 1 saturated heterocycles. The van der Waals surface area contributed by atoms with Crippen molar-refractivity contribution in [2.45, 2.75) is 24.8 Å². The molecule has 0 spiro atoms. The lowest BCUT2D eigenvalue weighted by Crippen LogP contribution is -2.51. The Morgan fingerprint density at radius 1 is 1.30 bits per heavy atom. The number of sulfonamides is 1. The quantitative estimate of drug-likeness (QED) is 0.899. The van der Waals surface area contributed by atoms with E-state index in [1.165, 1.54) is 11.2 Å². The SMILES string of the molecule is Cc1cc(S(=O)(=O)N2CCNC(C)C2)c(F)cc1F.Cl. The summed E-state index contributed by atoms with van der Waals surface area (Å²) in [6, 6.07) is 1.67. The van der Waals surface area contributed by atoms with Crippen LogP contribution in [0.2, 0.25) is 0 Å². The summed E-state index contributed by atoms with van der Waals surface area (Å²) in [5, 5.41) is 3.11. The predicted molar refractivity (Wildman–Crippen MR) is 74.6 cm³/mol. The molecule has 1 atom stereocenters. The highest BCUT2D eigenvalue weighted by molar-refractivity contribution is 7.89. The fraction of sp³-hybridized carbons (Fsp3) is 0.500. The van der Waals surface area contributed by atoms with Crippen molar-refractivity contribution in [3.05, 3.63) is 29.3 Å². The van der Waals surface area contributed by atoms with Crippen molar-refractivity contribution in [1.29, 1.82) is 0 Å². The summed E-state index contributed by atoms with van der Waals surface area (Å²) < 4.78 is 52.8. The summed E-state index contributed by atoms with van der Waals surface area (Å²) in [6.45, 7) is 4.34. The van der Waals surface area contributed by atoms with Gasteiger partial charge in [0.05, 0.1) is 0 Å². The molecule has 4 nitrogen and oxygen atoms in total. The standard InChI is InChI=1S/C12H16F2N2O2S.ClH/c1-8-5-12(11(14)6-10(8)13)19(17,18)16-4-3-15-9(2)7-16;/h5-6,9,15H,3-4,7H2,1-2H3;1H. The fourth-order valence-corrected chi connectivity index (χ4v) is 3.74. The smallest absolute Gasteiger partial charge is 0.246 e. The largest absolute Gasteiger partial charge is 0.312 e. The van der Waals surface area contributed by atoms with Crippen molar-refractivity contribution in [1.82, 2.24) is 9.62 Å². The van der Waals surface area contributed by atoms with Crippen LogP contribution in [0.3, 0.4) is 0 Å². The number of hydrogen-bond acceptors (Lipinski definition) is 3. The van der Waals surface area contributed by atoms with Gasteiger partial charge in [-0.1, -0.05) is 0 Å². The van der Waals surface area contributed by atoms with Crippen LogP contribution in [-0.2, 0) is 10.0 Å². The number of hydrogen-bond donors (Lipinski definition) is 1. The summed E-state index contributed by atoms with van der Waals surface area (Å²) in [7, 11) is -3.91. The van der Waals surface area contributed by atoms with Crippen LogP contribution < -0.4 is 5.32 Å². The average molecular weight is 327 g/mol. The molecule has 1 aromatic carbocycles. The molecule has 114 valence electrons. The van der Waals surface area contributed by atoms with Crippen LogP contribution >= 0.6 is 12.4 Å². The normalized spacial score (nSPS) is 20.5. The zero-order chi connectivity index (χ0) is 14.2. The van der Waals surface area contributed by atoms with Crippen LogP contribution in [0.5, 0.6) is 0 Å². The lowest BCUT2D eigenvalue weighted by atomic mass is 10.2. The van der Waals surface area contributed by atoms with Crippen molar-refractivity contribution in [2.75, 3.05) is 19.6 Å². The minimum atomic E-state index is -3.91. The topological polar surface area (TPSA) is 49.4 Å². The third kappa shape index (κ3) is 3.28. The first-order chi connectivity index (χ1) is 8.82. The van der Waals surface area contributed by atoms with Gasteiger partial charge in [0, 0.05) is 31.7 Å². The Morgan fingerprint density at radius 2 is 1.95 bits per heavy atom. The van der Waals surface area contributed by atoms with Crippen molar-refractivity contribution in [3.63, 3.8) is 0 Å². The Bertz CT molecular complexity index is 595. The molecule has 1 fully saturated rings. The minimum Gasteiger partial charge on any atom is -0.312 e. The molecule has 2 rings (SSSR count). The number of aryl methyl sites for hydroxylation is 1. The minimum absolute atomic E-state index is 0. The van der Waals surface area contributed by atoms with Gasteiger partial charge < -0.3 is 5.32 Å². The van der Waals surface area contributed by atoms with E-state index in [-0.39, 0.29) is 37.1 Å². The highest BCUT2D eigenvalue weighted by Gasteiger charge is 2.31. The second-order valence-electron chi connectivity index (χ2n) is 4.75. The average Bonchev–Trinajstić information content (AvgIpc) is 2.33. The Balaban J connectivity index is 0.00000200. The van der Waals surface area contributed by atoms with E-state index in [0.29, 0.717) is 12.6 Å². The van der Waals surface area contributed by atoms with E-state index >= 15 is 0 Å². The molecule has 1 unspecified atom stereocenters. The number of rotatable bonds is 2. The second kappa shape index (κ2) is 6.34. The van der Waals surface area contributed by atoms with Gasteiger partial charge in [0.25, 0.3) is 0 Å². The first kappa shape index (κ1) is 17.3. The van der Waals surface area contributed by atoms with E-state index in [4.69, 9.17) is 0 Å². The van der Waals surface area contributed by atoms with Crippen molar-refractivity contribution < 1.29 is 17.2 Å². The summed E-state index contributed by atoms with van der Waals surface area (Å²) in [5.41, 5.74) is 0.114. The van der Waals surface area contributed by atoms with Crippen molar-refractivity contribution in [3.8, 4) is 0 Å². The maximum absolute atomic E-state index is 13.7. The molecule has 0 bridgehead atoms. The van der Waals surface area contributed by atoms with Gasteiger partial charge in [0.2, 0.25) is 10.0 Å². The van der Waals surface area contributed by atoms with Crippen LogP contribution in [0.1, 0.15) is 12.5 Å². The molecular formula is C12H17ClF2N2O2S. The van der Waals surface area contributed by atoms with Crippen molar-refractivity contribution in [2.24, 2.45) is 0 Å². The van der Waals surface area contributed by atoms with Gasteiger partial charge in [0.15, 0.2) is 0 Å². The zero-order valence-electron chi connectivity index (χ0n) is 11.2. The fourth-order valence-electron chi connectivity index (χ4n) is 2.08. The van der Waals surface area contributed by atoms with E-state index in [2.05, 4.69) is 5.32 Å². The molecule has 8 heteroatoms. The molecule has 0 aromatic heterocycles. The van der Waals surface area contributed by atoms with Gasteiger partial charge in [-0.3, -0.25) is 0 Å². The van der Waals surface area contributed by atoms with Crippen LogP contribution in [0.25, 0.3) is 0 Å². The number of nitrogens with one attached hydrogen (secondary N) is 1. The second-order valence-corrected chi connectivity index (χ2v) is 6.66. The Hall–Kier alpha value is -0.760. The molecule has 1 aliphatic rings. The summed E-state index contributed by atoms with van der Waals surface area (Å²) in [4.78, 5) is -0.458. The number of halogens is 3. The monoisotopic (exact) mass is 326 g/mol. The highest BCUT2D eigenvalue weighted by Crippen LogP contribution is 2.23. The van der Waals surface area contributed by atoms with Crippen molar-refractivity contribution >= 4 is 22.4 Å². The molecule has 1 N–H and O–H groups in total. The molecule has 0 saturated carbocycles. The Kier molecular flexibility index (Phi) is 5.48. The molecule has 0 aliphatic carbocycles. The summed E-state index contributed by atoms with van der Waals surface area (Å²) in [5.74, 6) is -1.79. The van der Waals surface area contributed by atoms with Gasteiger partial charge in [-0.05, 0) is 25.5 Å². The first-order valence-corrected chi connectivity index (χ1v) is 7.45. The van der Waals surface area contributed by atoms with E-state index in [1.807, 2.05) is 6.92 Å². The number of piperazine rings is 1. The zero-order valence-corrected chi connectivity index (χ0v) is 12.8. The lowest BCUT2D eigenvalue weighted by molar-refractivity contribution is 0.309. The molecule has 1 aromatic rings. The Labute approximate surface area is 123 Å². The van der Waals surface area contributed by atoms with E-state index in [9.17, 15) is 17.2 Å². The molecule has 1 aliphatic heterocycles. The Morgan fingerprint density at radius 3 is 2.55 bits per heavy atom. The maximum atomic E-state index is 13.7. The van der Waals surface area contributed by atoms with Gasteiger partial charge >= 0.3 is 0 Å². The third-order valence-electron chi connectivity index (χ3n) is 3.16. The van der Waals surface area contributed by atoms with Gasteiger partial charge in [0.1, 0.15) is 16.5 Å². The highest BCUT2D eigenvalue weighted by atomic mass is 35.5. The van der Waals surface area contributed by atoms with Gasteiger partial charge in [-0.15, -0.1) is 12.4 Å². The predicted octanol–water partition coefficient (Wildman–Crippen LogP) is 1.68. The van der Waals surface area contributed by atoms with Crippen LogP contribution in [0.4, 0.5) is 8.78 Å². The molecule has 1 heterocycles. The molecule has 0 amide bonds. The molecule has 0 radical (unpaired) electrons. The molecular weight excluding hydrogens is 310 g/mol. The van der Waals surface area contributed by atoms with Crippen LogP contribution in [0.15, 0.2) is 17.0 Å². The van der Waals surface area contributed by atoms with E-state index in [0.717, 1.165) is 6.07 Å². The maximum Gasteiger partial charge on any atom is 0.246 e. The van der Waals surface area contributed by atoms with Gasteiger partial charge in [-0.2, -0.15) is 4.31 Å². The number of nitrogens with zero attached hydrogens (tertiary/aromatic N) is 1.